The van der Waals surface area contributed by atoms with Gasteiger partial charge in [-0.15, -0.1) is 0 Å². The second-order valence-corrected chi connectivity index (χ2v) is 5.57. The SMILES string of the molecule is CCOC(=O)C1=CN(CC)C2=C(OC)C3OCOC3CC2C1=O. The second-order valence-electron chi connectivity index (χ2n) is 5.57. The minimum absolute atomic E-state index is 0.0790. The van der Waals surface area contributed by atoms with Crippen molar-refractivity contribution in [1.82, 2.24) is 4.90 Å². The molecule has 0 aromatic rings. The van der Waals surface area contributed by atoms with Gasteiger partial charge in [0.25, 0.3) is 0 Å². The van der Waals surface area contributed by atoms with Gasteiger partial charge in [0.15, 0.2) is 5.78 Å². The number of fused-ring (bicyclic) bond motifs is 2. The number of methoxy groups -OCH3 is 1. The molecule has 3 rings (SSSR count). The molecule has 0 aromatic heterocycles. The van der Waals surface area contributed by atoms with Crippen LogP contribution in [0.1, 0.15) is 20.3 Å². The van der Waals surface area contributed by atoms with Gasteiger partial charge in [0, 0.05) is 12.7 Å². The van der Waals surface area contributed by atoms with E-state index in [4.69, 9.17) is 18.9 Å². The van der Waals surface area contributed by atoms with Gasteiger partial charge in [-0.25, -0.2) is 4.79 Å². The lowest BCUT2D eigenvalue weighted by molar-refractivity contribution is -0.141. The molecule has 126 valence electrons. The third-order valence-electron chi connectivity index (χ3n) is 4.41. The van der Waals surface area contributed by atoms with Gasteiger partial charge in [-0.05, 0) is 20.3 Å². The molecule has 0 amide bonds. The van der Waals surface area contributed by atoms with E-state index in [1.54, 1.807) is 20.2 Å². The maximum atomic E-state index is 12.8. The molecule has 1 saturated heterocycles. The first-order valence-electron chi connectivity index (χ1n) is 7.83. The van der Waals surface area contributed by atoms with E-state index < -0.39 is 11.9 Å². The van der Waals surface area contributed by atoms with E-state index in [-0.39, 0.29) is 37.0 Å². The monoisotopic (exact) mass is 323 g/mol. The summed E-state index contributed by atoms with van der Waals surface area (Å²) in [6.07, 6.45) is 1.49. The van der Waals surface area contributed by atoms with Crippen LogP contribution in [0.15, 0.2) is 23.2 Å². The van der Waals surface area contributed by atoms with Crippen molar-refractivity contribution in [2.75, 3.05) is 27.1 Å². The topological polar surface area (TPSA) is 74.3 Å². The molecular formula is C16H21NO6. The molecule has 3 aliphatic rings. The largest absolute Gasteiger partial charge is 0.496 e. The van der Waals surface area contributed by atoms with Crippen LogP contribution in [-0.2, 0) is 28.5 Å². The summed E-state index contributed by atoms with van der Waals surface area (Å²) < 4.78 is 21.7. The number of carbonyl (C=O) groups excluding carboxylic acids is 2. The van der Waals surface area contributed by atoms with Gasteiger partial charge < -0.3 is 23.8 Å². The van der Waals surface area contributed by atoms with Gasteiger partial charge >= 0.3 is 5.97 Å². The molecule has 1 aliphatic carbocycles. The van der Waals surface area contributed by atoms with E-state index in [2.05, 4.69) is 0 Å². The number of hydrogen-bond donors (Lipinski definition) is 0. The number of ketones is 1. The Bertz CT molecular complexity index is 581. The van der Waals surface area contributed by atoms with Crippen LogP contribution in [0.2, 0.25) is 0 Å². The maximum absolute atomic E-state index is 12.8. The fraction of sp³-hybridized carbons (Fsp3) is 0.625. The molecule has 0 N–H and O–H groups in total. The Morgan fingerprint density at radius 3 is 2.83 bits per heavy atom. The first kappa shape index (κ1) is 16.0. The molecule has 0 radical (unpaired) electrons. The Labute approximate surface area is 134 Å². The number of nitrogens with zero attached hydrogens (tertiary/aromatic N) is 1. The molecule has 3 unspecified atom stereocenters. The number of allylic oxidation sites excluding steroid dienone is 1. The number of rotatable bonds is 4. The Kier molecular flexibility index (Phi) is 4.41. The van der Waals surface area contributed by atoms with E-state index in [1.807, 2.05) is 11.8 Å². The average Bonchev–Trinajstić information content (AvgIpc) is 3.02. The van der Waals surface area contributed by atoms with Crippen LogP contribution in [0.3, 0.4) is 0 Å². The molecule has 0 spiro atoms. The van der Waals surface area contributed by atoms with Crippen molar-refractivity contribution in [3.63, 3.8) is 0 Å². The number of esters is 1. The zero-order valence-electron chi connectivity index (χ0n) is 13.5. The van der Waals surface area contributed by atoms with E-state index in [9.17, 15) is 9.59 Å². The summed E-state index contributed by atoms with van der Waals surface area (Å²) in [4.78, 5) is 26.8. The summed E-state index contributed by atoms with van der Waals surface area (Å²) >= 11 is 0. The van der Waals surface area contributed by atoms with Gasteiger partial charge in [0.1, 0.15) is 24.2 Å². The van der Waals surface area contributed by atoms with Crippen molar-refractivity contribution in [2.24, 2.45) is 5.92 Å². The minimum atomic E-state index is -0.584. The van der Waals surface area contributed by atoms with E-state index >= 15 is 0 Å². The van der Waals surface area contributed by atoms with Crippen LogP contribution in [-0.4, -0.2) is 55.9 Å². The number of hydrogen-bond acceptors (Lipinski definition) is 7. The molecule has 23 heavy (non-hydrogen) atoms. The molecule has 3 atom stereocenters. The predicted octanol–water partition coefficient (Wildman–Crippen LogP) is 0.957. The number of ether oxygens (including phenoxy) is 4. The zero-order chi connectivity index (χ0) is 16.6. The van der Waals surface area contributed by atoms with E-state index in [0.717, 1.165) is 5.70 Å². The smallest absolute Gasteiger partial charge is 0.343 e. The molecule has 1 fully saturated rings. The fourth-order valence-corrected chi connectivity index (χ4v) is 3.39. The second kappa shape index (κ2) is 6.33. The Balaban J connectivity index is 2.05. The summed E-state index contributed by atoms with van der Waals surface area (Å²) in [5, 5.41) is 0. The average molecular weight is 323 g/mol. The molecule has 0 saturated carbocycles. The fourth-order valence-electron chi connectivity index (χ4n) is 3.39. The summed E-state index contributed by atoms with van der Waals surface area (Å²) in [6.45, 7) is 4.68. The first-order valence-corrected chi connectivity index (χ1v) is 7.83. The van der Waals surface area contributed by atoms with Crippen LogP contribution in [0.5, 0.6) is 0 Å². The molecule has 2 heterocycles. The normalized spacial score (nSPS) is 29.9. The van der Waals surface area contributed by atoms with Crippen molar-refractivity contribution < 1.29 is 28.5 Å². The van der Waals surface area contributed by atoms with E-state index in [1.165, 1.54) is 0 Å². The van der Waals surface area contributed by atoms with Crippen molar-refractivity contribution in [1.29, 1.82) is 0 Å². The van der Waals surface area contributed by atoms with Crippen molar-refractivity contribution in [3.8, 4) is 0 Å². The molecular weight excluding hydrogens is 302 g/mol. The lowest BCUT2D eigenvalue weighted by atomic mass is 9.79. The summed E-state index contributed by atoms with van der Waals surface area (Å²) in [5.74, 6) is -0.693. The Morgan fingerprint density at radius 2 is 2.17 bits per heavy atom. The van der Waals surface area contributed by atoms with Gasteiger partial charge in [-0.1, -0.05) is 0 Å². The maximum Gasteiger partial charge on any atom is 0.343 e. The van der Waals surface area contributed by atoms with Crippen LogP contribution in [0.25, 0.3) is 0 Å². The lowest BCUT2D eigenvalue weighted by Crippen LogP contribution is -2.46. The Morgan fingerprint density at radius 1 is 1.39 bits per heavy atom. The number of carbonyl (C=O) groups is 2. The molecule has 7 heteroatoms. The Hall–Kier alpha value is -1.86. The molecule has 0 bridgehead atoms. The van der Waals surface area contributed by atoms with Crippen molar-refractivity contribution >= 4 is 11.8 Å². The van der Waals surface area contributed by atoms with Crippen LogP contribution in [0.4, 0.5) is 0 Å². The number of Topliss-reactive ketones (excluding diaryl/α,β-unsaturated/α-hetero) is 1. The van der Waals surface area contributed by atoms with Gasteiger partial charge in [-0.3, -0.25) is 4.79 Å². The summed E-state index contributed by atoms with van der Waals surface area (Å²) in [6, 6.07) is 0. The van der Waals surface area contributed by atoms with Crippen molar-refractivity contribution in [2.45, 2.75) is 32.5 Å². The van der Waals surface area contributed by atoms with E-state index in [0.29, 0.717) is 18.7 Å². The minimum Gasteiger partial charge on any atom is -0.496 e. The zero-order valence-corrected chi connectivity index (χ0v) is 13.5. The highest BCUT2D eigenvalue weighted by Crippen LogP contribution is 2.42. The quantitative estimate of drug-likeness (QED) is 0.563. The third kappa shape index (κ3) is 2.53. The highest BCUT2D eigenvalue weighted by atomic mass is 16.7. The van der Waals surface area contributed by atoms with Gasteiger partial charge in [0.05, 0.1) is 31.4 Å². The molecule has 0 aromatic carbocycles. The molecule has 7 nitrogen and oxygen atoms in total. The summed E-state index contributed by atoms with van der Waals surface area (Å²) in [5.41, 5.74) is 0.843. The standard InChI is InChI=1S/C16H21NO6/c1-4-17-7-10(16(19)21-5-2)13(18)9-6-11-14(23-8-22-11)15(20-3)12(9)17/h7,9,11,14H,4-6,8H2,1-3H3. The van der Waals surface area contributed by atoms with Crippen LogP contribution >= 0.6 is 0 Å². The molecule has 2 aliphatic heterocycles. The van der Waals surface area contributed by atoms with Crippen molar-refractivity contribution in [3.05, 3.63) is 23.2 Å². The van der Waals surface area contributed by atoms with Crippen LogP contribution < -0.4 is 0 Å². The first-order chi connectivity index (χ1) is 11.1. The lowest BCUT2D eigenvalue weighted by Gasteiger charge is -2.40. The highest BCUT2D eigenvalue weighted by Gasteiger charge is 2.49. The highest BCUT2D eigenvalue weighted by molar-refractivity contribution is 6.19. The van der Waals surface area contributed by atoms with Gasteiger partial charge in [0.2, 0.25) is 0 Å². The predicted molar refractivity (Wildman–Crippen MR) is 78.9 cm³/mol. The van der Waals surface area contributed by atoms with Gasteiger partial charge in [-0.2, -0.15) is 0 Å². The summed E-state index contributed by atoms with van der Waals surface area (Å²) in [7, 11) is 1.56. The van der Waals surface area contributed by atoms with Crippen LogP contribution in [0, 0.1) is 5.92 Å². The third-order valence-corrected chi connectivity index (χ3v) is 4.41.